The molecule has 1 atom stereocenters. The van der Waals surface area contributed by atoms with Crippen LogP contribution >= 0.6 is 0 Å². The molecule has 20 heavy (non-hydrogen) atoms. The lowest BCUT2D eigenvalue weighted by molar-refractivity contribution is 0.260. The maximum Gasteiger partial charge on any atom is 0.0316 e. The molecule has 0 aliphatic rings. The van der Waals surface area contributed by atoms with Crippen LogP contribution in [0.25, 0.3) is 11.1 Å². The van der Waals surface area contributed by atoms with Crippen molar-refractivity contribution in [3.63, 3.8) is 0 Å². The molecule has 2 aromatic carbocycles. The molecule has 0 aliphatic heterocycles. The summed E-state index contributed by atoms with van der Waals surface area (Å²) in [5.74, 6) is 0. The minimum Gasteiger partial charge on any atom is -0.330 e. The van der Waals surface area contributed by atoms with E-state index in [1.807, 2.05) is 6.07 Å². The van der Waals surface area contributed by atoms with Crippen molar-refractivity contribution < 1.29 is 0 Å². The summed E-state index contributed by atoms with van der Waals surface area (Å²) in [6, 6.07) is 19.8. The van der Waals surface area contributed by atoms with Gasteiger partial charge in [-0.1, -0.05) is 54.6 Å². The van der Waals surface area contributed by atoms with Gasteiger partial charge >= 0.3 is 0 Å². The Hall–Kier alpha value is -1.64. The summed E-state index contributed by atoms with van der Waals surface area (Å²) in [5.41, 5.74) is 9.46. The predicted octanol–water partition coefficient (Wildman–Crippen LogP) is 3.70. The largest absolute Gasteiger partial charge is 0.330 e. The van der Waals surface area contributed by atoms with Crippen molar-refractivity contribution >= 4 is 0 Å². The van der Waals surface area contributed by atoms with E-state index in [1.165, 1.54) is 16.7 Å². The fraction of sp³-hybridized carbons (Fsp3) is 0.333. The van der Waals surface area contributed by atoms with Crippen LogP contribution in [0.1, 0.15) is 24.9 Å². The Morgan fingerprint density at radius 3 is 2.15 bits per heavy atom. The average molecular weight is 268 g/mol. The molecule has 2 aromatic rings. The topological polar surface area (TPSA) is 29.3 Å². The van der Waals surface area contributed by atoms with Crippen molar-refractivity contribution in [2.45, 2.75) is 19.4 Å². The summed E-state index contributed by atoms with van der Waals surface area (Å²) in [6.07, 6.45) is 1.04. The summed E-state index contributed by atoms with van der Waals surface area (Å²) in [6.45, 7) is 4.04. The monoisotopic (exact) mass is 268 g/mol. The summed E-state index contributed by atoms with van der Waals surface area (Å²) < 4.78 is 0. The van der Waals surface area contributed by atoms with E-state index >= 15 is 0 Å². The van der Waals surface area contributed by atoms with Gasteiger partial charge in [0.2, 0.25) is 0 Å². The molecule has 2 nitrogen and oxygen atoms in total. The smallest absolute Gasteiger partial charge is 0.0316 e. The molecular formula is C18H24N2. The molecule has 0 saturated heterocycles. The molecule has 2 heteroatoms. The van der Waals surface area contributed by atoms with E-state index in [-0.39, 0.29) is 0 Å². The summed E-state index contributed by atoms with van der Waals surface area (Å²) in [5, 5.41) is 0. The molecule has 0 saturated carbocycles. The maximum absolute atomic E-state index is 5.57. The minimum absolute atomic E-state index is 0.423. The lowest BCUT2D eigenvalue weighted by Gasteiger charge is -2.25. The Labute approximate surface area is 122 Å². The highest BCUT2D eigenvalue weighted by Crippen LogP contribution is 2.24. The van der Waals surface area contributed by atoms with Crippen LogP contribution in [0.15, 0.2) is 54.6 Å². The van der Waals surface area contributed by atoms with Gasteiger partial charge < -0.3 is 5.73 Å². The second-order valence-corrected chi connectivity index (χ2v) is 5.29. The Morgan fingerprint density at radius 1 is 0.950 bits per heavy atom. The molecule has 1 unspecified atom stereocenters. The van der Waals surface area contributed by atoms with E-state index in [9.17, 15) is 0 Å². The third-order valence-electron chi connectivity index (χ3n) is 3.88. The first-order valence-electron chi connectivity index (χ1n) is 7.28. The predicted molar refractivity (Wildman–Crippen MR) is 86.6 cm³/mol. The van der Waals surface area contributed by atoms with Crippen LogP contribution in [0.3, 0.4) is 0 Å². The lowest BCUT2D eigenvalue weighted by atomic mass is 10.0. The highest BCUT2D eigenvalue weighted by molar-refractivity contribution is 5.63. The Kier molecular flexibility index (Phi) is 5.33. The van der Waals surface area contributed by atoms with Gasteiger partial charge in [0.25, 0.3) is 0 Å². The average Bonchev–Trinajstić information content (AvgIpc) is 2.53. The Bertz CT molecular complexity index is 505. The van der Waals surface area contributed by atoms with Gasteiger partial charge in [0.05, 0.1) is 0 Å². The van der Waals surface area contributed by atoms with Gasteiger partial charge in [-0.05, 0) is 50.2 Å². The quantitative estimate of drug-likeness (QED) is 0.865. The number of hydrogen-bond donors (Lipinski definition) is 1. The number of nitrogens with zero attached hydrogens (tertiary/aromatic N) is 1. The summed E-state index contributed by atoms with van der Waals surface area (Å²) in [7, 11) is 2.16. The van der Waals surface area contributed by atoms with Gasteiger partial charge in [0.15, 0.2) is 0 Å². The van der Waals surface area contributed by atoms with Gasteiger partial charge in [0, 0.05) is 6.04 Å². The van der Waals surface area contributed by atoms with Crippen molar-refractivity contribution in [2.75, 3.05) is 20.1 Å². The molecular weight excluding hydrogens is 244 g/mol. The number of benzene rings is 2. The first-order chi connectivity index (χ1) is 9.72. The molecule has 0 radical (unpaired) electrons. The van der Waals surface area contributed by atoms with E-state index in [4.69, 9.17) is 5.73 Å². The van der Waals surface area contributed by atoms with Crippen LogP contribution < -0.4 is 5.73 Å². The third kappa shape index (κ3) is 3.69. The van der Waals surface area contributed by atoms with Crippen LogP contribution in [0.2, 0.25) is 0 Å². The van der Waals surface area contributed by atoms with E-state index in [2.05, 4.69) is 67.4 Å². The number of rotatable bonds is 6. The van der Waals surface area contributed by atoms with Gasteiger partial charge in [0.1, 0.15) is 0 Å². The van der Waals surface area contributed by atoms with Gasteiger partial charge in [-0.25, -0.2) is 0 Å². The van der Waals surface area contributed by atoms with Crippen LogP contribution in [0.4, 0.5) is 0 Å². The summed E-state index contributed by atoms with van der Waals surface area (Å²) in [4.78, 5) is 2.35. The van der Waals surface area contributed by atoms with E-state index < -0.39 is 0 Å². The van der Waals surface area contributed by atoms with E-state index in [0.717, 1.165) is 19.5 Å². The minimum atomic E-state index is 0.423. The number of nitrogens with two attached hydrogens (primary N) is 1. The van der Waals surface area contributed by atoms with Crippen LogP contribution in [0, 0.1) is 0 Å². The van der Waals surface area contributed by atoms with Gasteiger partial charge in [-0.2, -0.15) is 0 Å². The second-order valence-electron chi connectivity index (χ2n) is 5.29. The van der Waals surface area contributed by atoms with Crippen molar-refractivity contribution in [3.8, 4) is 11.1 Å². The van der Waals surface area contributed by atoms with E-state index in [0.29, 0.717) is 6.04 Å². The number of hydrogen-bond acceptors (Lipinski definition) is 2. The first kappa shape index (κ1) is 14.8. The normalized spacial score (nSPS) is 12.6. The molecule has 106 valence electrons. The molecule has 0 spiro atoms. The third-order valence-corrected chi connectivity index (χ3v) is 3.88. The van der Waals surface area contributed by atoms with Crippen LogP contribution in [0.5, 0.6) is 0 Å². The van der Waals surface area contributed by atoms with Crippen molar-refractivity contribution in [1.29, 1.82) is 0 Å². The molecule has 2 rings (SSSR count). The highest BCUT2D eigenvalue weighted by atomic mass is 15.1. The molecule has 2 N–H and O–H groups in total. The van der Waals surface area contributed by atoms with Gasteiger partial charge in [-0.3, -0.25) is 4.90 Å². The van der Waals surface area contributed by atoms with Crippen LogP contribution in [-0.2, 0) is 0 Å². The van der Waals surface area contributed by atoms with Crippen LogP contribution in [-0.4, -0.2) is 25.0 Å². The van der Waals surface area contributed by atoms with Crippen molar-refractivity contribution in [2.24, 2.45) is 5.73 Å². The first-order valence-corrected chi connectivity index (χ1v) is 7.28. The zero-order valence-corrected chi connectivity index (χ0v) is 12.4. The second kappa shape index (κ2) is 7.22. The molecule has 0 aromatic heterocycles. The Balaban J connectivity index is 2.08. The molecule has 0 amide bonds. The molecule has 0 heterocycles. The zero-order valence-electron chi connectivity index (χ0n) is 12.4. The Morgan fingerprint density at radius 2 is 1.55 bits per heavy atom. The van der Waals surface area contributed by atoms with Crippen molar-refractivity contribution in [3.05, 3.63) is 60.2 Å². The summed E-state index contributed by atoms with van der Waals surface area (Å²) >= 11 is 0. The highest BCUT2D eigenvalue weighted by Gasteiger charge is 2.10. The molecule has 0 aliphatic carbocycles. The lowest BCUT2D eigenvalue weighted by Crippen LogP contribution is -2.25. The fourth-order valence-corrected chi connectivity index (χ4v) is 2.37. The fourth-order valence-electron chi connectivity index (χ4n) is 2.37. The maximum atomic E-state index is 5.57. The van der Waals surface area contributed by atoms with Gasteiger partial charge in [-0.15, -0.1) is 0 Å². The molecule has 0 fully saturated rings. The zero-order chi connectivity index (χ0) is 14.4. The van der Waals surface area contributed by atoms with E-state index in [1.54, 1.807) is 0 Å². The molecule has 0 bridgehead atoms. The van der Waals surface area contributed by atoms with Crippen molar-refractivity contribution in [1.82, 2.24) is 4.90 Å². The standard InChI is InChI=1S/C18H24N2/c1-15(20(2)14-6-13-19)16-9-11-18(12-10-16)17-7-4-3-5-8-17/h3-5,7-12,15H,6,13-14,19H2,1-2H3. The SMILES string of the molecule is CC(c1ccc(-c2ccccc2)cc1)N(C)CCCN.